The number of aliphatic hydroxyl groups excluding tert-OH is 1. The van der Waals surface area contributed by atoms with Crippen LogP contribution in [0.2, 0.25) is 0 Å². The molecule has 0 bridgehead atoms. The quantitative estimate of drug-likeness (QED) is 0.614. The number of hydrogen-bond acceptors (Lipinski definition) is 4. The maximum absolute atomic E-state index is 9.79. The lowest BCUT2D eigenvalue weighted by Crippen LogP contribution is -2.46. The van der Waals surface area contributed by atoms with Gasteiger partial charge in [0.05, 0.1) is 13.2 Å². The Hall–Kier alpha value is -0.420. The second-order valence-corrected chi connectivity index (χ2v) is 3.67. The summed E-state index contributed by atoms with van der Waals surface area (Å²) in [4.78, 5) is 0. The minimum absolute atomic E-state index is 0.260. The molecule has 13 heavy (non-hydrogen) atoms. The lowest BCUT2D eigenvalue weighted by Gasteiger charge is -2.28. The van der Waals surface area contributed by atoms with E-state index >= 15 is 0 Å². The summed E-state index contributed by atoms with van der Waals surface area (Å²) in [5.41, 5.74) is -1.41. The zero-order valence-corrected chi connectivity index (χ0v) is 7.99. The van der Waals surface area contributed by atoms with Crippen LogP contribution in [0.5, 0.6) is 0 Å². The van der Waals surface area contributed by atoms with Crippen molar-refractivity contribution >= 4 is 0 Å². The Kier molecular flexibility index (Phi) is 2.77. The van der Waals surface area contributed by atoms with Crippen molar-refractivity contribution in [3.8, 4) is 0 Å². The van der Waals surface area contributed by atoms with Crippen LogP contribution < -0.4 is 0 Å². The average Bonchev–Trinajstić information content (AvgIpc) is 2.45. The Labute approximate surface area is 77.8 Å². The Bertz CT molecular complexity index is 202. The molecule has 0 saturated carbocycles. The van der Waals surface area contributed by atoms with E-state index in [1.54, 1.807) is 13.8 Å². The number of hydrogen-bond donors (Lipinski definition) is 2. The Balaban J connectivity index is 2.69. The Morgan fingerprint density at radius 1 is 1.69 bits per heavy atom. The molecule has 76 valence electrons. The molecule has 0 aromatic carbocycles. The van der Waals surface area contributed by atoms with E-state index in [2.05, 4.69) is 6.58 Å². The molecule has 1 aliphatic rings. The number of ether oxygens (including phenoxy) is 2. The van der Waals surface area contributed by atoms with Crippen LogP contribution in [-0.2, 0) is 9.47 Å². The van der Waals surface area contributed by atoms with E-state index in [4.69, 9.17) is 14.6 Å². The zero-order valence-electron chi connectivity index (χ0n) is 7.99. The summed E-state index contributed by atoms with van der Waals surface area (Å²) in [6.07, 6.45) is 0.729. The molecule has 1 aliphatic heterocycles. The van der Waals surface area contributed by atoms with Crippen molar-refractivity contribution in [2.45, 2.75) is 31.3 Å². The van der Waals surface area contributed by atoms with Crippen molar-refractivity contribution in [2.24, 2.45) is 0 Å². The van der Waals surface area contributed by atoms with Gasteiger partial charge in [-0.1, -0.05) is 6.08 Å². The highest BCUT2D eigenvalue weighted by Gasteiger charge is 2.44. The molecule has 0 spiro atoms. The summed E-state index contributed by atoms with van der Waals surface area (Å²) in [5.74, 6) is -0.698. The highest BCUT2D eigenvalue weighted by Crippen LogP contribution is 2.29. The lowest BCUT2D eigenvalue weighted by atomic mass is 9.99. The molecule has 2 atom stereocenters. The molecule has 1 fully saturated rings. The molecule has 1 unspecified atom stereocenters. The van der Waals surface area contributed by atoms with E-state index in [1.165, 1.54) is 6.08 Å². The average molecular weight is 188 g/mol. The van der Waals surface area contributed by atoms with Gasteiger partial charge in [-0.25, -0.2) is 0 Å². The van der Waals surface area contributed by atoms with E-state index in [1.807, 2.05) is 0 Å². The van der Waals surface area contributed by atoms with E-state index in [0.717, 1.165) is 0 Å². The van der Waals surface area contributed by atoms with Gasteiger partial charge in [0.15, 0.2) is 5.79 Å². The first-order valence-corrected chi connectivity index (χ1v) is 4.22. The fourth-order valence-corrected chi connectivity index (χ4v) is 1.23. The van der Waals surface area contributed by atoms with E-state index in [-0.39, 0.29) is 6.61 Å². The van der Waals surface area contributed by atoms with Gasteiger partial charge in [-0.2, -0.15) is 0 Å². The van der Waals surface area contributed by atoms with Crippen molar-refractivity contribution in [3.05, 3.63) is 12.7 Å². The van der Waals surface area contributed by atoms with Crippen LogP contribution in [0, 0.1) is 0 Å². The maximum atomic E-state index is 9.79. The highest BCUT2D eigenvalue weighted by molar-refractivity contribution is 5.03. The van der Waals surface area contributed by atoms with Crippen molar-refractivity contribution in [2.75, 3.05) is 13.2 Å². The van der Waals surface area contributed by atoms with Crippen molar-refractivity contribution in [3.63, 3.8) is 0 Å². The predicted octanol–water partition coefficient (Wildman–Crippen LogP) is 0.0473. The third-order valence-corrected chi connectivity index (χ3v) is 2.17. The predicted molar refractivity (Wildman–Crippen MR) is 47.1 cm³/mol. The Morgan fingerprint density at radius 3 is 2.62 bits per heavy atom. The molecule has 0 aromatic heterocycles. The lowest BCUT2D eigenvalue weighted by molar-refractivity contribution is -0.166. The third kappa shape index (κ3) is 2.08. The van der Waals surface area contributed by atoms with Crippen LogP contribution in [0.3, 0.4) is 0 Å². The second kappa shape index (κ2) is 3.38. The molecule has 0 amide bonds. The van der Waals surface area contributed by atoms with Crippen molar-refractivity contribution in [1.82, 2.24) is 0 Å². The molecule has 1 saturated heterocycles. The molecule has 4 nitrogen and oxygen atoms in total. The van der Waals surface area contributed by atoms with Crippen LogP contribution in [-0.4, -0.2) is 40.9 Å². The molecule has 2 N–H and O–H groups in total. The van der Waals surface area contributed by atoms with Gasteiger partial charge in [0.2, 0.25) is 0 Å². The van der Waals surface area contributed by atoms with Gasteiger partial charge in [-0.15, -0.1) is 6.58 Å². The fourth-order valence-electron chi connectivity index (χ4n) is 1.23. The van der Waals surface area contributed by atoms with Crippen LogP contribution in [0.15, 0.2) is 12.7 Å². The third-order valence-electron chi connectivity index (χ3n) is 2.17. The fraction of sp³-hybridized carbons (Fsp3) is 0.778. The smallest absolute Gasteiger partial charge is 0.163 e. The standard InChI is InChI=1S/C9H16O4/c1-4-9(11,6-10)7-5-12-8(2,3)13-7/h4,7,10-11H,1,5-6H2,2-3H3/t7-,9?/m0/s1. The minimum Gasteiger partial charge on any atom is -0.393 e. The number of aliphatic hydroxyl groups is 2. The molecule has 0 aromatic rings. The van der Waals surface area contributed by atoms with E-state index in [0.29, 0.717) is 0 Å². The van der Waals surface area contributed by atoms with Gasteiger partial charge >= 0.3 is 0 Å². The topological polar surface area (TPSA) is 58.9 Å². The maximum Gasteiger partial charge on any atom is 0.163 e. The summed E-state index contributed by atoms with van der Waals surface area (Å²) < 4.78 is 10.7. The molecule has 1 heterocycles. The molecular weight excluding hydrogens is 172 g/mol. The van der Waals surface area contributed by atoms with Gasteiger partial charge in [0.1, 0.15) is 11.7 Å². The van der Waals surface area contributed by atoms with Gasteiger partial charge in [-0.3, -0.25) is 0 Å². The number of rotatable bonds is 3. The first-order valence-electron chi connectivity index (χ1n) is 4.22. The SMILES string of the molecule is C=CC(O)(CO)[C@@H]1COC(C)(C)O1. The molecular formula is C9H16O4. The van der Waals surface area contributed by atoms with Gasteiger partial charge < -0.3 is 19.7 Å². The second-order valence-electron chi connectivity index (χ2n) is 3.67. The summed E-state index contributed by atoms with van der Waals surface area (Å²) in [5, 5.41) is 18.7. The van der Waals surface area contributed by atoms with E-state index in [9.17, 15) is 5.11 Å². The first kappa shape index (κ1) is 10.7. The minimum atomic E-state index is -1.41. The highest BCUT2D eigenvalue weighted by atomic mass is 16.7. The molecule has 1 rings (SSSR count). The van der Waals surface area contributed by atoms with Crippen LogP contribution >= 0.6 is 0 Å². The molecule has 0 aliphatic carbocycles. The van der Waals surface area contributed by atoms with Gasteiger partial charge in [0, 0.05) is 0 Å². The molecule has 4 heteroatoms. The monoisotopic (exact) mass is 188 g/mol. The summed E-state index contributed by atoms with van der Waals surface area (Å²) in [7, 11) is 0. The first-order chi connectivity index (χ1) is 5.93. The van der Waals surface area contributed by atoms with Crippen LogP contribution in [0.25, 0.3) is 0 Å². The summed E-state index contributed by atoms with van der Waals surface area (Å²) in [6, 6.07) is 0. The van der Waals surface area contributed by atoms with Crippen LogP contribution in [0.1, 0.15) is 13.8 Å². The normalized spacial score (nSPS) is 31.2. The summed E-state index contributed by atoms with van der Waals surface area (Å²) >= 11 is 0. The largest absolute Gasteiger partial charge is 0.393 e. The Morgan fingerprint density at radius 2 is 2.31 bits per heavy atom. The summed E-state index contributed by atoms with van der Waals surface area (Å²) in [6.45, 7) is 6.81. The zero-order chi connectivity index (χ0) is 10.1. The van der Waals surface area contributed by atoms with Gasteiger partial charge in [0.25, 0.3) is 0 Å². The van der Waals surface area contributed by atoms with Crippen molar-refractivity contribution < 1.29 is 19.7 Å². The molecule has 0 radical (unpaired) electrons. The van der Waals surface area contributed by atoms with Gasteiger partial charge in [-0.05, 0) is 13.8 Å². The van der Waals surface area contributed by atoms with Crippen molar-refractivity contribution in [1.29, 1.82) is 0 Å². The van der Waals surface area contributed by atoms with E-state index < -0.39 is 24.1 Å². The van der Waals surface area contributed by atoms with Crippen LogP contribution in [0.4, 0.5) is 0 Å².